The molecule has 0 saturated heterocycles. The second-order valence-corrected chi connectivity index (χ2v) is 3.62. The van der Waals surface area contributed by atoms with Crippen molar-refractivity contribution >= 4 is 18.4 Å². The van der Waals surface area contributed by atoms with E-state index in [1.54, 1.807) is 0 Å². The molecule has 1 atom stereocenters. The summed E-state index contributed by atoms with van der Waals surface area (Å²) in [6.45, 7) is -0.544. The Morgan fingerprint density at radius 1 is 1.60 bits per heavy atom. The zero-order valence-electron chi connectivity index (χ0n) is 4.76. The van der Waals surface area contributed by atoms with Crippen molar-refractivity contribution in [2.45, 2.75) is 0 Å². The van der Waals surface area contributed by atoms with Crippen molar-refractivity contribution in [3.63, 3.8) is 0 Å². The maximum atomic E-state index is 9.89. The van der Waals surface area contributed by atoms with Gasteiger partial charge in [-0.25, -0.2) is 0 Å². The number of hydrogen-bond acceptors (Lipinski definition) is 5. The Morgan fingerprint density at radius 3 is 2.40 bits per heavy atom. The molecule has 0 spiro atoms. The van der Waals surface area contributed by atoms with E-state index in [0.717, 1.165) is 0 Å². The molecule has 0 aliphatic rings. The van der Waals surface area contributed by atoms with Gasteiger partial charge in [0.05, 0.1) is 0 Å². The molecule has 0 heterocycles. The molecular weight excluding hydrogens is 183 g/mol. The van der Waals surface area contributed by atoms with Crippen molar-refractivity contribution in [3.05, 3.63) is 0 Å². The summed E-state index contributed by atoms with van der Waals surface area (Å²) >= 11 is 0. The smallest absolute Gasteiger partial charge is 0.488 e. The van der Waals surface area contributed by atoms with Gasteiger partial charge in [0.25, 0.3) is 10.1 Å². The van der Waals surface area contributed by atoms with Crippen molar-refractivity contribution in [1.29, 1.82) is 0 Å². The third kappa shape index (κ3) is 7.93. The van der Waals surface area contributed by atoms with E-state index in [0.29, 0.717) is 0 Å². The summed E-state index contributed by atoms with van der Waals surface area (Å²) in [5, 5.41) is 0. The van der Waals surface area contributed by atoms with Gasteiger partial charge in [0.1, 0.15) is 12.4 Å². The molecule has 0 aliphatic carbocycles. The van der Waals surface area contributed by atoms with E-state index in [-0.39, 0.29) is 0 Å². The van der Waals surface area contributed by atoms with Gasteiger partial charge in [-0.1, -0.05) is 0 Å². The zero-order valence-corrected chi connectivity index (χ0v) is 6.47. The van der Waals surface area contributed by atoms with Crippen LogP contribution in [0.4, 0.5) is 0 Å². The van der Waals surface area contributed by atoms with Gasteiger partial charge in [-0.15, -0.1) is 4.52 Å². The van der Waals surface area contributed by atoms with Crippen LogP contribution >= 0.6 is 8.25 Å². The molecule has 0 bridgehead atoms. The molecule has 60 valence electrons. The van der Waals surface area contributed by atoms with Gasteiger partial charge >= 0.3 is 8.25 Å². The van der Waals surface area contributed by atoms with E-state index in [4.69, 9.17) is 4.55 Å². The fourth-order valence-corrected chi connectivity index (χ4v) is 0.875. The standard InChI is InChI=1S/C2H5O6PS/c3-9(4)8-1-2-10(5,6)7/h1-2H2,(H,5,6,7). The molecule has 1 N–H and O–H groups in total. The molecule has 0 amide bonds. The van der Waals surface area contributed by atoms with E-state index in [2.05, 4.69) is 4.52 Å². The molecule has 0 aromatic heterocycles. The molecular formula is C2H5O6PS. The Bertz CT molecular complexity index is 206. The van der Waals surface area contributed by atoms with Crippen molar-refractivity contribution < 1.29 is 27.0 Å². The summed E-state index contributed by atoms with van der Waals surface area (Å²) in [6, 6.07) is 0. The van der Waals surface area contributed by atoms with Crippen molar-refractivity contribution in [2.24, 2.45) is 0 Å². The summed E-state index contributed by atoms with van der Waals surface area (Å²) < 4.78 is 41.3. The summed E-state index contributed by atoms with van der Waals surface area (Å²) in [4.78, 5) is 9.62. The lowest BCUT2D eigenvalue weighted by Crippen LogP contribution is -2.09. The van der Waals surface area contributed by atoms with Gasteiger partial charge in [0, 0.05) is 0 Å². The summed E-state index contributed by atoms with van der Waals surface area (Å²) in [6.07, 6.45) is 0. The molecule has 0 saturated carbocycles. The van der Waals surface area contributed by atoms with Crippen LogP contribution < -0.4 is 4.89 Å². The lowest BCUT2D eigenvalue weighted by molar-refractivity contribution is -0.185. The van der Waals surface area contributed by atoms with Crippen LogP contribution in [0.25, 0.3) is 0 Å². The van der Waals surface area contributed by atoms with E-state index >= 15 is 0 Å². The predicted molar refractivity (Wildman–Crippen MR) is 30.0 cm³/mol. The third-order valence-corrected chi connectivity index (χ3v) is 1.61. The van der Waals surface area contributed by atoms with Gasteiger partial charge in [-0.2, -0.15) is 8.42 Å². The molecule has 10 heavy (non-hydrogen) atoms. The molecule has 0 aromatic rings. The fourth-order valence-electron chi connectivity index (χ4n) is 0.217. The Hall–Kier alpha value is -0.0700. The zero-order chi connectivity index (χ0) is 8.20. The summed E-state index contributed by atoms with van der Waals surface area (Å²) in [7, 11) is -7.14. The minimum Gasteiger partial charge on any atom is -0.566 e. The van der Waals surface area contributed by atoms with Gasteiger partial charge < -0.3 is 4.89 Å². The first-order chi connectivity index (χ1) is 4.42. The van der Waals surface area contributed by atoms with Gasteiger partial charge in [-0.05, 0) is 4.57 Å². The topological polar surface area (TPSA) is 104 Å². The first kappa shape index (κ1) is 9.93. The lowest BCUT2D eigenvalue weighted by atomic mass is 10.9. The highest BCUT2D eigenvalue weighted by molar-refractivity contribution is 7.85. The van der Waals surface area contributed by atoms with Crippen molar-refractivity contribution in [1.82, 2.24) is 0 Å². The highest BCUT2D eigenvalue weighted by Crippen LogP contribution is 2.07. The monoisotopic (exact) mass is 188 g/mol. The Morgan fingerprint density at radius 2 is 2.10 bits per heavy atom. The lowest BCUT2D eigenvalue weighted by Gasteiger charge is -1.90. The van der Waals surface area contributed by atoms with Crippen molar-refractivity contribution in [3.8, 4) is 0 Å². The van der Waals surface area contributed by atoms with Crippen LogP contribution in [0.1, 0.15) is 0 Å². The molecule has 0 rings (SSSR count). The van der Waals surface area contributed by atoms with Gasteiger partial charge in [0.15, 0.2) is 0 Å². The summed E-state index contributed by atoms with van der Waals surface area (Å²) in [5.41, 5.74) is 0. The second-order valence-electron chi connectivity index (χ2n) is 1.34. The Balaban J connectivity index is 3.49. The maximum Gasteiger partial charge on any atom is 0.488 e. The average molecular weight is 188 g/mol. The third-order valence-electron chi connectivity index (χ3n) is 0.538. The Labute approximate surface area is 58.5 Å². The van der Waals surface area contributed by atoms with Crippen LogP contribution in [0.5, 0.6) is 0 Å². The highest BCUT2D eigenvalue weighted by Gasteiger charge is 2.08. The van der Waals surface area contributed by atoms with Gasteiger partial charge in [0.2, 0.25) is 0 Å². The molecule has 0 aromatic carbocycles. The van der Waals surface area contributed by atoms with Crippen molar-refractivity contribution in [2.75, 3.05) is 12.4 Å². The molecule has 0 aliphatic heterocycles. The van der Waals surface area contributed by atoms with E-state index in [9.17, 15) is 17.9 Å². The highest BCUT2D eigenvalue weighted by atomic mass is 32.2. The average Bonchev–Trinajstić information content (AvgIpc) is 1.59. The minimum absolute atomic E-state index is 0.544. The molecule has 0 fully saturated rings. The normalized spacial score (nSPS) is 13.2. The number of hydrogen-bond donors (Lipinski definition) is 1. The van der Waals surface area contributed by atoms with E-state index < -0.39 is 30.7 Å². The van der Waals surface area contributed by atoms with Crippen LogP contribution in [0.2, 0.25) is 0 Å². The quantitative estimate of drug-likeness (QED) is 0.444. The molecule has 6 nitrogen and oxygen atoms in total. The van der Waals surface area contributed by atoms with E-state index in [1.165, 1.54) is 0 Å². The second kappa shape index (κ2) is 3.95. The first-order valence-corrected chi connectivity index (χ1v) is 4.85. The first-order valence-electron chi connectivity index (χ1n) is 2.14. The Kier molecular flexibility index (Phi) is 3.92. The number of rotatable bonds is 4. The van der Waals surface area contributed by atoms with Crippen LogP contribution in [0.3, 0.4) is 0 Å². The maximum absolute atomic E-state index is 9.89. The van der Waals surface area contributed by atoms with Crippen LogP contribution in [0.15, 0.2) is 0 Å². The molecule has 8 heteroatoms. The predicted octanol–water partition coefficient (Wildman–Crippen LogP) is -1.09. The SMILES string of the molecule is O=[P+]([O-])OCCS(=O)(=O)O. The molecule has 0 radical (unpaired) electrons. The molecule has 1 unspecified atom stereocenters. The minimum atomic E-state index is -4.11. The van der Waals surface area contributed by atoms with Crippen LogP contribution in [0, 0.1) is 0 Å². The van der Waals surface area contributed by atoms with Crippen LogP contribution in [-0.2, 0) is 19.2 Å². The largest absolute Gasteiger partial charge is 0.566 e. The van der Waals surface area contributed by atoms with E-state index in [1.807, 2.05) is 0 Å². The fraction of sp³-hybridized carbons (Fsp3) is 1.00. The summed E-state index contributed by atoms with van der Waals surface area (Å²) in [5.74, 6) is -0.712. The van der Waals surface area contributed by atoms with Gasteiger partial charge in [-0.3, -0.25) is 4.55 Å². The van der Waals surface area contributed by atoms with Crippen LogP contribution in [-0.4, -0.2) is 25.3 Å².